The number of thiophene rings is 1. The van der Waals surface area contributed by atoms with Crippen LogP contribution in [0.1, 0.15) is 44.5 Å². The molecule has 0 N–H and O–H groups in total. The Morgan fingerprint density at radius 3 is 2.70 bits per heavy atom. The Morgan fingerprint density at radius 2 is 1.88 bits per heavy atom. The highest BCUT2D eigenvalue weighted by molar-refractivity contribution is 7.17. The lowest BCUT2D eigenvalue weighted by molar-refractivity contribution is 0.0525. The molecular formula is C26H27N3O3S. The topological polar surface area (TPSA) is 62.7 Å². The summed E-state index contributed by atoms with van der Waals surface area (Å²) in [5.74, 6) is 0.588. The van der Waals surface area contributed by atoms with Crippen LogP contribution in [0.25, 0.3) is 10.4 Å². The number of nitrogens with zero attached hydrogens (tertiary/aromatic N) is 3. The minimum atomic E-state index is -0.356. The third kappa shape index (κ3) is 4.37. The van der Waals surface area contributed by atoms with Gasteiger partial charge in [0.2, 0.25) is 0 Å². The van der Waals surface area contributed by atoms with E-state index in [4.69, 9.17) is 4.74 Å². The first kappa shape index (κ1) is 21.6. The van der Waals surface area contributed by atoms with E-state index in [0.717, 1.165) is 43.0 Å². The number of fused-ring (bicyclic) bond motifs is 3. The van der Waals surface area contributed by atoms with E-state index in [2.05, 4.69) is 40.2 Å². The number of amides is 1. The smallest absolute Gasteiger partial charge is 0.339 e. The van der Waals surface area contributed by atoms with Crippen LogP contribution in [-0.2, 0) is 17.6 Å². The van der Waals surface area contributed by atoms with Crippen molar-refractivity contribution >= 4 is 29.0 Å². The minimum absolute atomic E-state index is 0.124. The zero-order chi connectivity index (χ0) is 22.8. The van der Waals surface area contributed by atoms with Gasteiger partial charge in [-0.3, -0.25) is 4.79 Å². The number of pyridine rings is 1. The van der Waals surface area contributed by atoms with Gasteiger partial charge in [-0.05, 0) is 61.1 Å². The zero-order valence-corrected chi connectivity index (χ0v) is 19.6. The highest BCUT2D eigenvalue weighted by Crippen LogP contribution is 2.39. The first-order chi connectivity index (χ1) is 16.1. The average molecular weight is 462 g/mol. The first-order valence-corrected chi connectivity index (χ1v) is 12.3. The highest BCUT2D eigenvalue weighted by Gasteiger charge is 2.26. The molecule has 7 heteroatoms. The van der Waals surface area contributed by atoms with Crippen LogP contribution in [0, 0.1) is 0 Å². The molecule has 2 aromatic heterocycles. The molecule has 3 heterocycles. The molecule has 0 atom stereocenters. The quantitative estimate of drug-likeness (QED) is 0.538. The van der Waals surface area contributed by atoms with Crippen LogP contribution in [0.15, 0.2) is 48.7 Å². The summed E-state index contributed by atoms with van der Waals surface area (Å²) in [7, 11) is 0. The second kappa shape index (κ2) is 9.35. The number of ether oxygens (including phenoxy) is 1. The molecular weight excluding hydrogens is 434 g/mol. The number of carbonyl (C=O) groups is 2. The number of anilines is 1. The molecule has 2 aliphatic rings. The molecule has 0 radical (unpaired) electrons. The molecule has 1 amide bonds. The van der Waals surface area contributed by atoms with Gasteiger partial charge in [0, 0.05) is 37.3 Å². The van der Waals surface area contributed by atoms with Crippen molar-refractivity contribution < 1.29 is 14.3 Å². The number of hydrogen-bond donors (Lipinski definition) is 0. The van der Waals surface area contributed by atoms with Crippen molar-refractivity contribution in [3.8, 4) is 10.4 Å². The second-order valence-corrected chi connectivity index (χ2v) is 9.43. The van der Waals surface area contributed by atoms with E-state index < -0.39 is 0 Å². The normalized spacial score (nSPS) is 15.4. The lowest BCUT2D eigenvalue weighted by atomic mass is 9.91. The molecule has 0 spiro atoms. The molecule has 1 fully saturated rings. The summed E-state index contributed by atoms with van der Waals surface area (Å²) in [4.78, 5) is 35.9. The number of aromatic nitrogens is 1. The summed E-state index contributed by atoms with van der Waals surface area (Å²) >= 11 is 1.63. The average Bonchev–Trinajstić information content (AvgIpc) is 3.14. The molecule has 0 saturated carbocycles. The van der Waals surface area contributed by atoms with Crippen LogP contribution >= 0.6 is 11.3 Å². The summed E-state index contributed by atoms with van der Waals surface area (Å²) in [6.07, 6.45) is 4.47. The molecule has 1 aliphatic carbocycles. The molecule has 0 bridgehead atoms. The van der Waals surface area contributed by atoms with Crippen molar-refractivity contribution in [2.24, 2.45) is 0 Å². The lowest BCUT2D eigenvalue weighted by Gasteiger charge is -2.22. The van der Waals surface area contributed by atoms with Gasteiger partial charge in [0.25, 0.3) is 5.91 Å². The summed E-state index contributed by atoms with van der Waals surface area (Å²) in [6, 6.07) is 14.2. The second-order valence-electron chi connectivity index (χ2n) is 8.38. The largest absolute Gasteiger partial charge is 0.462 e. The van der Waals surface area contributed by atoms with Gasteiger partial charge in [0.15, 0.2) is 0 Å². The molecule has 33 heavy (non-hydrogen) atoms. The van der Waals surface area contributed by atoms with E-state index >= 15 is 0 Å². The Hall–Kier alpha value is -3.19. The summed E-state index contributed by atoms with van der Waals surface area (Å²) in [6.45, 7) is 5.05. The van der Waals surface area contributed by atoms with Gasteiger partial charge < -0.3 is 14.5 Å². The van der Waals surface area contributed by atoms with Crippen molar-refractivity contribution in [1.29, 1.82) is 0 Å². The maximum atomic E-state index is 13.4. The Kier molecular flexibility index (Phi) is 6.13. The van der Waals surface area contributed by atoms with Crippen molar-refractivity contribution in [2.45, 2.75) is 26.2 Å². The molecule has 3 aromatic rings. The van der Waals surface area contributed by atoms with Crippen LogP contribution in [0.4, 0.5) is 5.82 Å². The Labute approximate surface area is 197 Å². The first-order valence-electron chi connectivity index (χ1n) is 11.5. The SMILES string of the molecule is CCOC(=O)c1ccc(N2CCCN(C(=O)c3cc4c(s3)-c3ccccc3CC4)CC2)nc1. The number of esters is 1. The van der Waals surface area contributed by atoms with Crippen LogP contribution in [0.3, 0.4) is 0 Å². The van der Waals surface area contributed by atoms with E-state index in [1.165, 1.54) is 21.6 Å². The predicted octanol–water partition coefficient (Wildman–Crippen LogP) is 4.44. The number of benzene rings is 1. The summed E-state index contributed by atoms with van der Waals surface area (Å²) in [5, 5.41) is 0. The molecule has 1 saturated heterocycles. The third-order valence-electron chi connectivity index (χ3n) is 6.31. The van der Waals surface area contributed by atoms with Crippen molar-refractivity contribution in [3.63, 3.8) is 0 Å². The maximum absolute atomic E-state index is 13.4. The number of rotatable bonds is 4. The molecule has 5 rings (SSSR count). The lowest BCUT2D eigenvalue weighted by Crippen LogP contribution is -2.35. The number of aryl methyl sites for hydroxylation is 2. The summed E-state index contributed by atoms with van der Waals surface area (Å²) in [5.41, 5.74) is 4.40. The van der Waals surface area contributed by atoms with Crippen LogP contribution in [-0.4, -0.2) is 54.5 Å². The van der Waals surface area contributed by atoms with Crippen molar-refractivity contribution in [3.05, 3.63) is 70.2 Å². The van der Waals surface area contributed by atoms with E-state index in [0.29, 0.717) is 25.3 Å². The van der Waals surface area contributed by atoms with Crippen LogP contribution in [0.5, 0.6) is 0 Å². The van der Waals surface area contributed by atoms with E-state index in [1.807, 2.05) is 11.0 Å². The van der Waals surface area contributed by atoms with Crippen LogP contribution < -0.4 is 4.90 Å². The van der Waals surface area contributed by atoms with Crippen molar-refractivity contribution in [1.82, 2.24) is 9.88 Å². The van der Waals surface area contributed by atoms with E-state index in [-0.39, 0.29) is 11.9 Å². The van der Waals surface area contributed by atoms with Gasteiger partial charge in [-0.2, -0.15) is 0 Å². The highest BCUT2D eigenvalue weighted by atomic mass is 32.1. The van der Waals surface area contributed by atoms with Gasteiger partial charge in [0.05, 0.1) is 17.0 Å². The van der Waals surface area contributed by atoms with Gasteiger partial charge >= 0.3 is 5.97 Å². The monoisotopic (exact) mass is 461 g/mol. The number of hydrogen-bond acceptors (Lipinski definition) is 6. The number of carbonyl (C=O) groups excluding carboxylic acids is 2. The minimum Gasteiger partial charge on any atom is -0.462 e. The Morgan fingerprint density at radius 1 is 1.03 bits per heavy atom. The molecule has 1 aliphatic heterocycles. The molecule has 6 nitrogen and oxygen atoms in total. The standard InChI is InChI=1S/C26H27N3O3S/c1-2-32-26(31)20-10-11-23(27-17-20)28-12-5-13-29(15-14-28)25(30)22-16-19-9-8-18-6-3-4-7-21(18)24(19)33-22/h3-4,6-7,10-11,16-17H,2,5,8-9,12-15H2,1H3. The fraction of sp³-hybridized carbons (Fsp3) is 0.346. The van der Waals surface area contributed by atoms with Crippen LogP contribution in [0.2, 0.25) is 0 Å². The van der Waals surface area contributed by atoms with Crippen molar-refractivity contribution in [2.75, 3.05) is 37.7 Å². The predicted molar refractivity (Wildman–Crippen MR) is 130 cm³/mol. The fourth-order valence-electron chi connectivity index (χ4n) is 4.59. The molecule has 170 valence electrons. The Balaban J connectivity index is 1.27. The van der Waals surface area contributed by atoms with Gasteiger partial charge in [0.1, 0.15) is 5.82 Å². The third-order valence-corrected chi connectivity index (χ3v) is 7.51. The fourth-order valence-corrected chi connectivity index (χ4v) is 5.83. The summed E-state index contributed by atoms with van der Waals surface area (Å²) < 4.78 is 5.03. The van der Waals surface area contributed by atoms with Gasteiger partial charge in [-0.25, -0.2) is 9.78 Å². The van der Waals surface area contributed by atoms with Gasteiger partial charge in [-0.15, -0.1) is 11.3 Å². The molecule has 0 unspecified atom stereocenters. The Bertz CT molecular complexity index is 1170. The molecule has 1 aromatic carbocycles. The maximum Gasteiger partial charge on any atom is 0.339 e. The van der Waals surface area contributed by atoms with E-state index in [9.17, 15) is 9.59 Å². The zero-order valence-electron chi connectivity index (χ0n) is 18.8. The van der Waals surface area contributed by atoms with Gasteiger partial charge in [-0.1, -0.05) is 24.3 Å². The van der Waals surface area contributed by atoms with E-state index in [1.54, 1.807) is 30.5 Å².